The lowest BCUT2D eigenvalue weighted by Gasteiger charge is -2.19. The second-order valence-corrected chi connectivity index (χ2v) is 6.51. The Bertz CT molecular complexity index is 882. The van der Waals surface area contributed by atoms with Gasteiger partial charge in [-0.25, -0.2) is 4.98 Å². The number of imidazole rings is 1. The van der Waals surface area contributed by atoms with Crippen molar-refractivity contribution in [2.75, 3.05) is 6.54 Å². The van der Waals surface area contributed by atoms with Crippen LogP contribution in [0.1, 0.15) is 31.0 Å². The van der Waals surface area contributed by atoms with E-state index in [2.05, 4.69) is 15.1 Å². The van der Waals surface area contributed by atoms with Crippen LogP contribution in [0.2, 0.25) is 0 Å². The van der Waals surface area contributed by atoms with E-state index in [9.17, 15) is 9.90 Å². The number of nitrogens with zero attached hydrogens (tertiary/aromatic N) is 5. The van der Waals surface area contributed by atoms with Crippen LogP contribution in [0.3, 0.4) is 0 Å². The minimum absolute atomic E-state index is 0.118. The molecule has 0 bridgehead atoms. The minimum atomic E-state index is -0.570. The molecule has 1 amide bonds. The van der Waals surface area contributed by atoms with Gasteiger partial charge < -0.3 is 14.5 Å². The predicted molar refractivity (Wildman–Crippen MR) is 81.8 cm³/mol. The van der Waals surface area contributed by atoms with Crippen LogP contribution in [0, 0.1) is 6.92 Å². The highest BCUT2D eigenvalue weighted by molar-refractivity contribution is 7.15. The summed E-state index contributed by atoms with van der Waals surface area (Å²) in [4.78, 5) is 23.1. The number of rotatable bonds is 2. The quantitative estimate of drug-likeness (QED) is 0.761. The summed E-state index contributed by atoms with van der Waals surface area (Å²) in [5.41, 5.74) is 1.60. The zero-order valence-corrected chi connectivity index (χ0v) is 13.4. The van der Waals surface area contributed by atoms with E-state index in [-0.39, 0.29) is 18.5 Å². The van der Waals surface area contributed by atoms with E-state index in [1.165, 1.54) is 18.3 Å². The van der Waals surface area contributed by atoms with E-state index in [4.69, 9.17) is 4.52 Å². The summed E-state index contributed by atoms with van der Waals surface area (Å²) in [5.74, 6) is 0.664. The molecule has 1 fully saturated rings. The highest BCUT2D eigenvalue weighted by atomic mass is 32.1. The number of aromatic nitrogens is 4. The molecular formula is C14H15N5O3S. The number of hydrogen-bond donors (Lipinski definition) is 1. The third-order valence-corrected chi connectivity index (χ3v) is 4.82. The topological polar surface area (TPSA) is 96.8 Å². The maximum Gasteiger partial charge on any atom is 0.249 e. The van der Waals surface area contributed by atoms with Crippen molar-refractivity contribution in [1.82, 2.24) is 24.4 Å². The molecule has 3 aromatic heterocycles. The number of carbonyl (C=O) groups is 1. The van der Waals surface area contributed by atoms with E-state index in [1.807, 2.05) is 22.9 Å². The summed E-state index contributed by atoms with van der Waals surface area (Å²) in [5, 5.41) is 15.8. The lowest BCUT2D eigenvalue weighted by Crippen LogP contribution is -2.29. The van der Waals surface area contributed by atoms with Crippen molar-refractivity contribution in [2.24, 2.45) is 0 Å². The van der Waals surface area contributed by atoms with Gasteiger partial charge in [0.1, 0.15) is 11.7 Å². The fraction of sp³-hybridized carbons (Fsp3) is 0.429. The molecule has 1 N–H and O–H groups in total. The molecule has 0 radical (unpaired) electrons. The van der Waals surface area contributed by atoms with Gasteiger partial charge in [0.05, 0.1) is 11.8 Å². The average Bonchev–Trinajstić information content (AvgIpc) is 3.20. The number of β-amino-alcohol motifs (C(OH)–C–C–N with tert-alkyl or cyclic N) is 1. The highest BCUT2D eigenvalue weighted by Crippen LogP contribution is 2.33. The first kappa shape index (κ1) is 14.3. The van der Waals surface area contributed by atoms with Crippen molar-refractivity contribution in [2.45, 2.75) is 32.4 Å². The van der Waals surface area contributed by atoms with Crippen LogP contribution in [0.15, 0.2) is 16.1 Å². The fourth-order valence-corrected chi connectivity index (χ4v) is 3.79. The van der Waals surface area contributed by atoms with Crippen LogP contribution >= 0.6 is 11.3 Å². The van der Waals surface area contributed by atoms with Crippen LogP contribution in [0.5, 0.6) is 0 Å². The molecule has 0 aliphatic carbocycles. The van der Waals surface area contributed by atoms with Crippen molar-refractivity contribution in [3.05, 3.63) is 23.2 Å². The number of thiazole rings is 1. The van der Waals surface area contributed by atoms with Crippen LogP contribution in [0.25, 0.3) is 16.5 Å². The molecule has 1 aliphatic heterocycles. The first-order valence-electron chi connectivity index (χ1n) is 7.26. The van der Waals surface area contributed by atoms with Crippen LogP contribution in [-0.2, 0) is 4.79 Å². The SMILES string of the molecule is CC(=O)N1C[C@@H](O)C[C@@H]1c1nc(-c2c(C)nc3sccn23)no1. The minimum Gasteiger partial charge on any atom is -0.391 e. The van der Waals surface area contributed by atoms with Crippen molar-refractivity contribution in [3.63, 3.8) is 0 Å². The maximum absolute atomic E-state index is 11.7. The Morgan fingerprint density at radius 2 is 2.30 bits per heavy atom. The van der Waals surface area contributed by atoms with Gasteiger partial charge in [0, 0.05) is 31.5 Å². The maximum atomic E-state index is 11.7. The number of carbonyl (C=O) groups excluding carboxylic acids is 1. The number of fused-ring (bicyclic) bond motifs is 1. The summed E-state index contributed by atoms with van der Waals surface area (Å²) in [7, 11) is 0. The van der Waals surface area contributed by atoms with Gasteiger partial charge in [0.15, 0.2) is 4.96 Å². The summed E-state index contributed by atoms with van der Waals surface area (Å²) >= 11 is 1.53. The van der Waals surface area contributed by atoms with Gasteiger partial charge in [-0.05, 0) is 6.92 Å². The van der Waals surface area contributed by atoms with Gasteiger partial charge in [-0.2, -0.15) is 4.98 Å². The van der Waals surface area contributed by atoms with E-state index in [0.717, 1.165) is 16.3 Å². The van der Waals surface area contributed by atoms with Gasteiger partial charge in [-0.1, -0.05) is 5.16 Å². The Hall–Kier alpha value is -2.26. The monoisotopic (exact) mass is 333 g/mol. The predicted octanol–water partition coefficient (Wildman–Crippen LogP) is 1.41. The first-order chi connectivity index (χ1) is 11.0. The van der Waals surface area contributed by atoms with Crippen molar-refractivity contribution >= 4 is 22.2 Å². The number of amides is 1. The van der Waals surface area contributed by atoms with Gasteiger partial charge in [0.2, 0.25) is 17.6 Å². The third kappa shape index (κ3) is 2.23. The van der Waals surface area contributed by atoms with Gasteiger partial charge in [-0.3, -0.25) is 9.20 Å². The van der Waals surface area contributed by atoms with Crippen LogP contribution in [0.4, 0.5) is 0 Å². The van der Waals surface area contributed by atoms with Crippen LogP contribution in [-0.4, -0.2) is 48.1 Å². The highest BCUT2D eigenvalue weighted by Gasteiger charge is 2.37. The molecule has 0 aromatic carbocycles. The zero-order valence-electron chi connectivity index (χ0n) is 12.6. The summed E-state index contributed by atoms with van der Waals surface area (Å²) < 4.78 is 7.30. The van der Waals surface area contributed by atoms with Crippen LogP contribution < -0.4 is 0 Å². The Labute approximate surface area is 135 Å². The summed E-state index contributed by atoms with van der Waals surface area (Å²) in [6, 6.07) is -0.380. The Balaban J connectivity index is 1.73. The third-order valence-electron chi connectivity index (χ3n) is 4.06. The molecule has 23 heavy (non-hydrogen) atoms. The molecule has 2 atom stereocenters. The molecule has 8 nitrogen and oxygen atoms in total. The second kappa shape index (κ2) is 5.14. The molecule has 120 valence electrons. The molecule has 4 rings (SSSR count). The van der Waals surface area contributed by atoms with Crippen molar-refractivity contribution in [1.29, 1.82) is 0 Å². The summed E-state index contributed by atoms with van der Waals surface area (Å²) in [6.45, 7) is 3.66. The van der Waals surface area contributed by atoms with E-state index >= 15 is 0 Å². The zero-order chi connectivity index (χ0) is 16.1. The van der Waals surface area contributed by atoms with Gasteiger partial charge >= 0.3 is 0 Å². The molecule has 1 aliphatic rings. The molecule has 0 spiro atoms. The number of aliphatic hydroxyl groups excluding tert-OH is 1. The smallest absolute Gasteiger partial charge is 0.249 e. The lowest BCUT2D eigenvalue weighted by molar-refractivity contribution is -0.130. The van der Waals surface area contributed by atoms with Gasteiger partial charge in [0.25, 0.3) is 0 Å². The standard InChI is InChI=1S/C14H15N5O3S/c1-7-11(18-3-4-23-14(18)15-7)12-16-13(22-17-12)10-5-9(21)6-19(10)8(2)20/h3-4,9-10,21H,5-6H2,1-2H3/t9-,10+/m0/s1. The first-order valence-corrected chi connectivity index (χ1v) is 8.14. The molecule has 3 aromatic rings. The number of hydrogen-bond acceptors (Lipinski definition) is 7. The number of likely N-dealkylation sites (tertiary alicyclic amines) is 1. The average molecular weight is 333 g/mol. The Kier molecular flexibility index (Phi) is 3.20. The number of aliphatic hydroxyl groups is 1. The Morgan fingerprint density at radius 1 is 1.48 bits per heavy atom. The molecule has 0 saturated carbocycles. The van der Waals surface area contributed by atoms with E-state index in [0.29, 0.717) is 18.1 Å². The van der Waals surface area contributed by atoms with E-state index < -0.39 is 6.10 Å². The van der Waals surface area contributed by atoms with Crippen molar-refractivity contribution < 1.29 is 14.4 Å². The summed E-state index contributed by atoms with van der Waals surface area (Å²) in [6.07, 6.45) is 1.74. The lowest BCUT2D eigenvalue weighted by atomic mass is 10.2. The molecule has 4 heterocycles. The molecule has 0 unspecified atom stereocenters. The molecule has 1 saturated heterocycles. The van der Waals surface area contributed by atoms with Gasteiger partial charge in [-0.15, -0.1) is 11.3 Å². The van der Waals surface area contributed by atoms with E-state index in [1.54, 1.807) is 4.90 Å². The normalized spacial score (nSPS) is 21.4. The van der Waals surface area contributed by atoms with Crippen molar-refractivity contribution in [3.8, 4) is 11.5 Å². The second-order valence-electron chi connectivity index (χ2n) is 5.63. The molecule has 9 heteroatoms. The fourth-order valence-electron chi connectivity index (χ4n) is 3.03. The molecular weight excluding hydrogens is 318 g/mol. The number of aryl methyl sites for hydroxylation is 1. The Morgan fingerprint density at radius 3 is 3.09 bits per heavy atom. The largest absolute Gasteiger partial charge is 0.391 e.